The Morgan fingerprint density at radius 2 is 1.73 bits per heavy atom. The second-order valence-electron chi connectivity index (χ2n) is 8.21. The summed E-state index contributed by atoms with van der Waals surface area (Å²) in [7, 11) is 0. The summed E-state index contributed by atoms with van der Waals surface area (Å²) in [6.45, 7) is 0.648. The highest BCUT2D eigenvalue weighted by Crippen LogP contribution is 2.44. The summed E-state index contributed by atoms with van der Waals surface area (Å²) >= 11 is 12.9. The van der Waals surface area contributed by atoms with Crippen LogP contribution in [-0.2, 0) is 11.2 Å². The maximum absolute atomic E-state index is 14.7. The van der Waals surface area contributed by atoms with E-state index in [9.17, 15) is 18.0 Å². The molecule has 0 radical (unpaired) electrons. The third kappa shape index (κ3) is 4.33. The third-order valence-electron chi connectivity index (χ3n) is 6.28. The Morgan fingerprint density at radius 3 is 2.33 bits per heavy atom. The minimum atomic E-state index is -2.83. The first-order valence-electron chi connectivity index (χ1n) is 10.2. The fourth-order valence-corrected chi connectivity index (χ4v) is 5.25. The van der Waals surface area contributed by atoms with E-state index < -0.39 is 11.8 Å². The van der Waals surface area contributed by atoms with Gasteiger partial charge in [0.15, 0.2) is 0 Å². The van der Waals surface area contributed by atoms with E-state index in [0.29, 0.717) is 40.6 Å². The molecule has 1 unspecified atom stereocenters. The smallest absolute Gasteiger partial charge is 0.251 e. The molecule has 2 atom stereocenters. The van der Waals surface area contributed by atoms with Crippen LogP contribution < -0.4 is 0 Å². The Bertz CT molecular complexity index is 925. The molecule has 2 fully saturated rings. The summed E-state index contributed by atoms with van der Waals surface area (Å²) in [5.41, 5.74) is 1.93. The van der Waals surface area contributed by atoms with Crippen LogP contribution >= 0.6 is 23.2 Å². The van der Waals surface area contributed by atoms with Gasteiger partial charge in [-0.15, -0.1) is 0 Å². The van der Waals surface area contributed by atoms with Gasteiger partial charge in [0.05, 0.1) is 0 Å². The number of carbonyl (C=O) groups is 1. The zero-order valence-electron chi connectivity index (χ0n) is 16.3. The Kier molecular flexibility index (Phi) is 6.04. The summed E-state index contributed by atoms with van der Waals surface area (Å²) in [5, 5.41) is 0.633. The molecule has 0 aromatic heterocycles. The summed E-state index contributed by atoms with van der Waals surface area (Å²) in [6, 6.07) is 9.12. The molecule has 160 valence electrons. The van der Waals surface area contributed by atoms with Crippen LogP contribution in [0.5, 0.6) is 0 Å². The van der Waals surface area contributed by atoms with Crippen molar-refractivity contribution in [1.29, 1.82) is 0 Å². The summed E-state index contributed by atoms with van der Waals surface area (Å²) in [6.07, 6.45) is 1.66. The van der Waals surface area contributed by atoms with Gasteiger partial charge in [0, 0.05) is 41.4 Å². The third-order valence-corrected chi connectivity index (χ3v) is 6.96. The number of carbonyl (C=O) groups excluding carboxylic acids is 1. The molecule has 1 heterocycles. The second-order valence-corrected chi connectivity index (χ2v) is 9.02. The highest BCUT2D eigenvalue weighted by Gasteiger charge is 2.47. The van der Waals surface area contributed by atoms with E-state index in [-0.39, 0.29) is 37.0 Å². The predicted octanol–water partition coefficient (Wildman–Crippen LogP) is 6.77. The van der Waals surface area contributed by atoms with Crippen LogP contribution in [0.3, 0.4) is 0 Å². The Balaban J connectivity index is 1.57. The van der Waals surface area contributed by atoms with Crippen molar-refractivity contribution in [2.45, 2.75) is 50.5 Å². The fourth-order valence-electron chi connectivity index (χ4n) is 4.61. The number of halogens is 5. The molecule has 2 nitrogen and oxygen atoms in total. The van der Waals surface area contributed by atoms with E-state index in [1.807, 2.05) is 0 Å². The molecule has 0 bridgehead atoms. The molecule has 0 spiro atoms. The lowest BCUT2D eigenvalue weighted by Gasteiger charge is -2.40. The van der Waals surface area contributed by atoms with E-state index >= 15 is 0 Å². The monoisotopic (exact) mass is 455 g/mol. The standard InChI is InChI=1S/C23H22Cl2F3NO/c24-20-10-15(14-3-5-17(26)6-4-14)11-21(25)19(20)13-16-12-18(7-8-23(16,27)28)29-9-1-2-22(29)30/h3-6,10-11,16,18H,1-2,7-9,12-13H2/t16-,18?/m1/s1. The van der Waals surface area contributed by atoms with E-state index in [2.05, 4.69) is 0 Å². The Hall–Kier alpha value is -1.72. The number of nitrogens with zero attached hydrogens (tertiary/aromatic N) is 1. The first kappa shape index (κ1) is 21.5. The van der Waals surface area contributed by atoms with Gasteiger partial charge in [0.25, 0.3) is 5.92 Å². The van der Waals surface area contributed by atoms with Crippen LogP contribution in [0.25, 0.3) is 11.1 Å². The van der Waals surface area contributed by atoms with Crippen molar-refractivity contribution in [3.8, 4) is 11.1 Å². The number of amides is 1. The van der Waals surface area contributed by atoms with Crippen molar-refractivity contribution >= 4 is 29.1 Å². The number of hydrogen-bond donors (Lipinski definition) is 0. The van der Waals surface area contributed by atoms with Crippen molar-refractivity contribution in [2.24, 2.45) is 5.92 Å². The lowest BCUT2D eigenvalue weighted by Crippen LogP contribution is -2.46. The number of alkyl halides is 2. The average molecular weight is 456 g/mol. The van der Waals surface area contributed by atoms with Crippen molar-refractivity contribution in [2.75, 3.05) is 6.54 Å². The molecule has 2 aliphatic rings. The quantitative estimate of drug-likeness (QED) is 0.497. The topological polar surface area (TPSA) is 20.3 Å². The zero-order chi connectivity index (χ0) is 21.5. The number of likely N-dealkylation sites (tertiary alicyclic amines) is 1. The average Bonchev–Trinajstić information content (AvgIpc) is 3.12. The van der Waals surface area contributed by atoms with Crippen molar-refractivity contribution < 1.29 is 18.0 Å². The van der Waals surface area contributed by atoms with Gasteiger partial charge < -0.3 is 4.90 Å². The summed E-state index contributed by atoms with van der Waals surface area (Å²) < 4.78 is 42.6. The fraction of sp³-hybridized carbons (Fsp3) is 0.435. The zero-order valence-corrected chi connectivity index (χ0v) is 17.8. The predicted molar refractivity (Wildman–Crippen MR) is 113 cm³/mol. The normalized spacial score (nSPS) is 23.8. The lowest BCUT2D eigenvalue weighted by molar-refractivity contribution is -0.136. The summed E-state index contributed by atoms with van der Waals surface area (Å²) in [5.74, 6) is -4.06. The minimum absolute atomic E-state index is 0.0485. The molecule has 4 rings (SSSR count). The van der Waals surface area contributed by atoms with Gasteiger partial charge in [0.1, 0.15) is 5.82 Å². The highest BCUT2D eigenvalue weighted by molar-refractivity contribution is 6.36. The largest absolute Gasteiger partial charge is 0.340 e. The molecule has 0 N–H and O–H groups in total. The van der Waals surface area contributed by atoms with Gasteiger partial charge in [-0.05, 0) is 66.6 Å². The van der Waals surface area contributed by atoms with Gasteiger partial charge in [-0.1, -0.05) is 35.3 Å². The molecule has 2 aromatic rings. The molecule has 1 amide bonds. The molecule has 1 saturated heterocycles. The lowest BCUT2D eigenvalue weighted by atomic mass is 9.78. The highest BCUT2D eigenvalue weighted by atomic mass is 35.5. The second kappa shape index (κ2) is 8.43. The van der Waals surface area contributed by atoms with Crippen molar-refractivity contribution in [3.05, 3.63) is 57.8 Å². The maximum atomic E-state index is 14.7. The first-order chi connectivity index (χ1) is 14.2. The number of benzene rings is 2. The number of rotatable bonds is 4. The SMILES string of the molecule is O=C1CCCN1C1CCC(F)(F)[C@@H](Cc2c(Cl)cc(-c3ccc(F)cc3)cc2Cl)C1. The van der Waals surface area contributed by atoms with Gasteiger partial charge in [0.2, 0.25) is 5.91 Å². The maximum Gasteiger partial charge on any atom is 0.251 e. The van der Waals surface area contributed by atoms with Crippen LogP contribution in [0.4, 0.5) is 13.2 Å². The van der Waals surface area contributed by atoms with E-state index in [4.69, 9.17) is 23.2 Å². The summed E-state index contributed by atoms with van der Waals surface area (Å²) in [4.78, 5) is 13.8. The minimum Gasteiger partial charge on any atom is -0.340 e. The molecule has 1 aliphatic heterocycles. The molecule has 1 saturated carbocycles. The van der Waals surface area contributed by atoms with Crippen LogP contribution in [0, 0.1) is 11.7 Å². The molecular formula is C23H22Cl2F3NO. The first-order valence-corrected chi connectivity index (χ1v) is 10.9. The molecule has 30 heavy (non-hydrogen) atoms. The van der Waals surface area contributed by atoms with Crippen LogP contribution in [0.2, 0.25) is 10.0 Å². The Morgan fingerprint density at radius 1 is 1.07 bits per heavy atom. The number of hydrogen-bond acceptors (Lipinski definition) is 1. The van der Waals surface area contributed by atoms with Gasteiger partial charge in [-0.2, -0.15) is 0 Å². The van der Waals surface area contributed by atoms with Crippen LogP contribution in [-0.4, -0.2) is 29.3 Å². The molecular weight excluding hydrogens is 434 g/mol. The van der Waals surface area contributed by atoms with E-state index in [1.54, 1.807) is 29.2 Å². The van der Waals surface area contributed by atoms with E-state index in [0.717, 1.165) is 12.0 Å². The molecule has 7 heteroatoms. The van der Waals surface area contributed by atoms with Crippen molar-refractivity contribution in [3.63, 3.8) is 0 Å². The van der Waals surface area contributed by atoms with Gasteiger partial charge >= 0.3 is 0 Å². The van der Waals surface area contributed by atoms with Gasteiger partial charge in [-0.25, -0.2) is 13.2 Å². The van der Waals surface area contributed by atoms with Gasteiger partial charge in [-0.3, -0.25) is 4.79 Å². The van der Waals surface area contributed by atoms with Crippen LogP contribution in [0.1, 0.15) is 37.7 Å². The molecule has 2 aromatic carbocycles. The van der Waals surface area contributed by atoms with Crippen molar-refractivity contribution in [1.82, 2.24) is 4.90 Å². The van der Waals surface area contributed by atoms with Crippen LogP contribution in [0.15, 0.2) is 36.4 Å². The van der Waals surface area contributed by atoms with E-state index in [1.165, 1.54) is 12.1 Å². The Labute approximate surface area is 184 Å². The molecule has 1 aliphatic carbocycles.